The zero-order valence-corrected chi connectivity index (χ0v) is 19.2. The zero-order chi connectivity index (χ0) is 21.9. The van der Waals surface area contributed by atoms with E-state index < -0.39 is 23.9 Å². The van der Waals surface area contributed by atoms with Gasteiger partial charge in [-0.15, -0.1) is 0 Å². The lowest BCUT2D eigenvalue weighted by Gasteiger charge is -2.39. The minimum atomic E-state index is -0.754. The Hall–Kier alpha value is -1.34. The molecule has 1 amide bonds. The maximum absolute atomic E-state index is 13.4. The molecule has 2 aliphatic carbocycles. The number of rotatable bonds is 4. The smallest absolute Gasteiger partial charge is 0.412 e. The Morgan fingerprint density at radius 1 is 0.900 bits per heavy atom. The van der Waals surface area contributed by atoms with Gasteiger partial charge in [-0.1, -0.05) is 19.3 Å². The predicted octanol–water partition coefficient (Wildman–Crippen LogP) is 4.28. The van der Waals surface area contributed by atoms with Crippen LogP contribution in [0.15, 0.2) is 0 Å². The van der Waals surface area contributed by atoms with Crippen LogP contribution in [0, 0.1) is 11.8 Å². The molecule has 0 N–H and O–H groups in total. The Labute approximate surface area is 180 Å². The maximum Gasteiger partial charge on any atom is 0.412 e. The summed E-state index contributed by atoms with van der Waals surface area (Å²) in [6, 6.07) is -0.335. The molecule has 3 rings (SSSR count). The molecule has 30 heavy (non-hydrogen) atoms. The second-order valence-corrected chi connectivity index (χ2v) is 10.0. The van der Waals surface area contributed by atoms with E-state index in [1.807, 2.05) is 20.8 Å². The van der Waals surface area contributed by atoms with Crippen molar-refractivity contribution >= 4 is 12.1 Å². The molecule has 0 radical (unpaired) electrons. The molecule has 7 heteroatoms. The average molecular weight is 426 g/mol. The van der Waals surface area contributed by atoms with E-state index in [9.17, 15) is 9.59 Å². The molecule has 3 fully saturated rings. The van der Waals surface area contributed by atoms with E-state index in [2.05, 4.69) is 0 Å². The fourth-order valence-corrected chi connectivity index (χ4v) is 5.36. The summed E-state index contributed by atoms with van der Waals surface area (Å²) in [6.07, 6.45) is 7.71. The Bertz CT molecular complexity index is 589. The summed E-state index contributed by atoms with van der Waals surface area (Å²) >= 11 is 0. The summed E-state index contributed by atoms with van der Waals surface area (Å²) in [4.78, 5) is 27.9. The van der Waals surface area contributed by atoms with Crippen LogP contribution in [-0.4, -0.2) is 61.3 Å². The zero-order valence-electron chi connectivity index (χ0n) is 19.2. The third kappa shape index (κ3) is 5.28. The Morgan fingerprint density at radius 3 is 2.07 bits per heavy atom. The van der Waals surface area contributed by atoms with Crippen LogP contribution in [0.4, 0.5) is 4.79 Å². The van der Waals surface area contributed by atoms with Crippen LogP contribution in [0.3, 0.4) is 0 Å². The number of ether oxygens (including phenoxy) is 4. The van der Waals surface area contributed by atoms with E-state index in [1.54, 1.807) is 12.0 Å². The van der Waals surface area contributed by atoms with Crippen molar-refractivity contribution in [2.24, 2.45) is 11.8 Å². The number of esters is 1. The number of hydrogen-bond donors (Lipinski definition) is 0. The van der Waals surface area contributed by atoms with Gasteiger partial charge in [0.05, 0.1) is 19.3 Å². The topological polar surface area (TPSA) is 74.3 Å². The van der Waals surface area contributed by atoms with Gasteiger partial charge in [-0.05, 0) is 65.2 Å². The largest absolute Gasteiger partial charge is 0.467 e. The van der Waals surface area contributed by atoms with Crippen molar-refractivity contribution in [3.05, 3.63) is 0 Å². The molecule has 1 heterocycles. The van der Waals surface area contributed by atoms with Gasteiger partial charge in [0.2, 0.25) is 0 Å². The molecule has 0 aromatic rings. The minimum absolute atomic E-state index is 0.157. The van der Waals surface area contributed by atoms with Gasteiger partial charge in [0.25, 0.3) is 0 Å². The van der Waals surface area contributed by atoms with E-state index >= 15 is 0 Å². The molecule has 172 valence electrons. The van der Waals surface area contributed by atoms with Gasteiger partial charge in [-0.2, -0.15) is 0 Å². The molecule has 3 unspecified atom stereocenters. The first-order valence-corrected chi connectivity index (χ1v) is 11.5. The summed E-state index contributed by atoms with van der Waals surface area (Å²) in [7, 11) is 3.13. The molecule has 3 atom stereocenters. The number of methoxy groups -OCH3 is 2. The Kier molecular flexibility index (Phi) is 7.66. The summed E-state index contributed by atoms with van der Waals surface area (Å²) in [6.45, 7) is 5.61. The highest BCUT2D eigenvalue weighted by Gasteiger charge is 2.55. The second-order valence-electron chi connectivity index (χ2n) is 10.0. The Balaban J connectivity index is 1.90. The van der Waals surface area contributed by atoms with Gasteiger partial charge in [-0.25, -0.2) is 9.59 Å². The van der Waals surface area contributed by atoms with Crippen LogP contribution in [0.2, 0.25) is 0 Å². The van der Waals surface area contributed by atoms with Crippen LogP contribution < -0.4 is 0 Å². The van der Waals surface area contributed by atoms with E-state index in [1.165, 1.54) is 13.5 Å². The highest BCUT2D eigenvalue weighted by Crippen LogP contribution is 2.42. The summed E-state index contributed by atoms with van der Waals surface area (Å²) in [5.41, 5.74) is -0.615. The molecule has 3 aliphatic rings. The van der Waals surface area contributed by atoms with Crippen LogP contribution in [0.5, 0.6) is 0 Å². The van der Waals surface area contributed by atoms with Gasteiger partial charge in [-0.3, -0.25) is 4.90 Å². The van der Waals surface area contributed by atoms with Gasteiger partial charge in [0.1, 0.15) is 11.8 Å². The van der Waals surface area contributed by atoms with Crippen LogP contribution in [0.25, 0.3) is 0 Å². The van der Waals surface area contributed by atoms with Crippen molar-refractivity contribution in [2.75, 3.05) is 14.2 Å². The van der Waals surface area contributed by atoms with Crippen molar-refractivity contribution in [1.82, 2.24) is 4.90 Å². The number of carbonyl (C=O) groups excluding carboxylic acids is 2. The lowest BCUT2D eigenvalue weighted by atomic mass is 9.80. The monoisotopic (exact) mass is 425 g/mol. The highest BCUT2D eigenvalue weighted by atomic mass is 16.6. The van der Waals surface area contributed by atoms with E-state index in [-0.39, 0.29) is 30.1 Å². The number of carbonyl (C=O) groups is 2. The van der Waals surface area contributed by atoms with Crippen molar-refractivity contribution < 1.29 is 28.5 Å². The molecular weight excluding hydrogens is 386 g/mol. The van der Waals surface area contributed by atoms with Crippen molar-refractivity contribution in [3.8, 4) is 0 Å². The average Bonchev–Trinajstić information content (AvgIpc) is 3.13. The molecule has 2 saturated carbocycles. The van der Waals surface area contributed by atoms with Gasteiger partial charge >= 0.3 is 12.1 Å². The third-order valence-electron chi connectivity index (χ3n) is 6.82. The normalized spacial score (nSPS) is 33.4. The quantitative estimate of drug-likeness (QED) is 0.626. The fourth-order valence-electron chi connectivity index (χ4n) is 5.36. The molecule has 1 saturated heterocycles. The first-order chi connectivity index (χ1) is 14.2. The molecule has 7 nitrogen and oxygen atoms in total. The molecule has 0 aromatic heterocycles. The summed E-state index contributed by atoms with van der Waals surface area (Å²) in [5, 5.41) is 0. The molecule has 1 aliphatic heterocycles. The lowest BCUT2D eigenvalue weighted by molar-refractivity contribution is -0.156. The Morgan fingerprint density at radius 2 is 1.53 bits per heavy atom. The fraction of sp³-hybridized carbons (Fsp3) is 0.913. The highest BCUT2D eigenvalue weighted by molar-refractivity contribution is 5.78. The summed E-state index contributed by atoms with van der Waals surface area (Å²) < 4.78 is 22.8. The molecule has 0 spiro atoms. The van der Waals surface area contributed by atoms with Crippen LogP contribution in [0.1, 0.15) is 78.6 Å². The van der Waals surface area contributed by atoms with Gasteiger partial charge < -0.3 is 18.9 Å². The standard InChI is InChI=1S/C23H39NO6/c1-23(2,3)30-22(26)24-18(15-9-7-6-8-10-15)19(21(25)28-5)29-20(24)16-11-13-17(27-4)14-12-16/h15-20H,6-14H2,1-5H3. The third-order valence-corrected chi connectivity index (χ3v) is 6.82. The van der Waals surface area contributed by atoms with Crippen LogP contribution in [-0.2, 0) is 23.7 Å². The minimum Gasteiger partial charge on any atom is -0.467 e. The van der Waals surface area contributed by atoms with Crippen molar-refractivity contribution in [2.45, 2.75) is 109 Å². The molecule has 0 aromatic carbocycles. The van der Waals surface area contributed by atoms with Crippen molar-refractivity contribution in [3.63, 3.8) is 0 Å². The second kappa shape index (κ2) is 9.86. The SMILES string of the molecule is COC(=O)C1OC(C2CCC(OC)CC2)N(C(=O)OC(C)(C)C)C1C1CCCCC1. The number of hydrogen-bond acceptors (Lipinski definition) is 6. The number of nitrogens with zero attached hydrogens (tertiary/aromatic N) is 1. The molecular formula is C23H39NO6. The van der Waals surface area contributed by atoms with Gasteiger partial charge in [0.15, 0.2) is 6.10 Å². The molecule has 0 bridgehead atoms. The van der Waals surface area contributed by atoms with E-state index in [0.29, 0.717) is 0 Å². The maximum atomic E-state index is 13.4. The van der Waals surface area contributed by atoms with Crippen molar-refractivity contribution in [1.29, 1.82) is 0 Å². The first kappa shape index (κ1) is 23.3. The first-order valence-electron chi connectivity index (χ1n) is 11.5. The van der Waals surface area contributed by atoms with E-state index in [0.717, 1.165) is 51.4 Å². The van der Waals surface area contributed by atoms with Gasteiger partial charge in [0, 0.05) is 13.0 Å². The number of amides is 1. The lowest BCUT2D eigenvalue weighted by Crippen LogP contribution is -2.52. The summed E-state index contributed by atoms with van der Waals surface area (Å²) in [5.74, 6) is -0.0208. The van der Waals surface area contributed by atoms with Crippen LogP contribution >= 0.6 is 0 Å². The van der Waals surface area contributed by atoms with E-state index in [4.69, 9.17) is 18.9 Å². The predicted molar refractivity (Wildman–Crippen MR) is 112 cm³/mol.